The van der Waals surface area contributed by atoms with Crippen molar-refractivity contribution >= 4 is 17.5 Å². The molecule has 0 heterocycles. The predicted molar refractivity (Wildman–Crippen MR) is 56.2 cm³/mol. The molecule has 6 heteroatoms. The number of halogens is 2. The molecule has 4 N–H and O–H groups in total. The molecule has 0 fully saturated rings. The third-order valence-electron chi connectivity index (χ3n) is 2.00. The van der Waals surface area contributed by atoms with Crippen LogP contribution in [0, 0.1) is 5.82 Å². The Balaban J connectivity index is 2.86. The smallest absolute Gasteiger partial charge is 0.220 e. The fraction of sp³-hybridized carbons (Fsp3) is 0.300. The molecule has 2 unspecified atom stereocenters. The Morgan fingerprint density at radius 3 is 2.56 bits per heavy atom. The van der Waals surface area contributed by atoms with Gasteiger partial charge in [-0.05, 0) is 23.8 Å². The molecule has 0 aliphatic rings. The van der Waals surface area contributed by atoms with Gasteiger partial charge < -0.3 is 15.9 Å². The van der Waals surface area contributed by atoms with Gasteiger partial charge in [-0.15, -0.1) is 0 Å². The van der Waals surface area contributed by atoms with Gasteiger partial charge in [0.1, 0.15) is 11.9 Å². The summed E-state index contributed by atoms with van der Waals surface area (Å²) in [5.74, 6) is -1.39. The number of carbonyl (C=O) groups excluding carboxylic acids is 1. The Morgan fingerprint density at radius 2 is 2.06 bits per heavy atom. The van der Waals surface area contributed by atoms with E-state index in [1.54, 1.807) is 0 Å². The van der Waals surface area contributed by atoms with Gasteiger partial charge >= 0.3 is 0 Å². The van der Waals surface area contributed by atoms with Crippen molar-refractivity contribution < 1.29 is 19.4 Å². The molecular formula is C10H11ClFNO3. The average Bonchev–Trinajstić information content (AvgIpc) is 2.13. The fourth-order valence-corrected chi connectivity index (χ4v) is 1.52. The third kappa shape index (κ3) is 3.44. The Morgan fingerprint density at radius 1 is 1.44 bits per heavy atom. The summed E-state index contributed by atoms with van der Waals surface area (Å²) < 4.78 is 12.9. The van der Waals surface area contributed by atoms with Crippen LogP contribution in [0.15, 0.2) is 18.2 Å². The average molecular weight is 248 g/mol. The molecule has 0 radical (unpaired) electrons. The number of benzene rings is 1. The van der Waals surface area contributed by atoms with Gasteiger partial charge in [0.15, 0.2) is 0 Å². The molecule has 0 saturated heterocycles. The number of hydrogen-bond acceptors (Lipinski definition) is 3. The number of carbonyl (C=O) groups is 1. The van der Waals surface area contributed by atoms with Gasteiger partial charge in [-0.2, -0.15) is 0 Å². The van der Waals surface area contributed by atoms with E-state index in [2.05, 4.69) is 0 Å². The molecule has 0 spiro atoms. The number of hydrogen-bond donors (Lipinski definition) is 3. The van der Waals surface area contributed by atoms with E-state index in [-0.39, 0.29) is 10.6 Å². The molecule has 0 saturated carbocycles. The van der Waals surface area contributed by atoms with Crippen molar-refractivity contribution in [3.05, 3.63) is 34.6 Å². The molecule has 1 aromatic carbocycles. The molecular weight excluding hydrogens is 237 g/mol. The van der Waals surface area contributed by atoms with Gasteiger partial charge in [0.2, 0.25) is 5.91 Å². The van der Waals surface area contributed by atoms with Crippen LogP contribution in [-0.4, -0.2) is 22.2 Å². The first-order chi connectivity index (χ1) is 7.40. The van der Waals surface area contributed by atoms with Crippen LogP contribution in [-0.2, 0) is 4.79 Å². The molecule has 1 aromatic rings. The second kappa shape index (κ2) is 5.25. The lowest BCUT2D eigenvalue weighted by Crippen LogP contribution is -2.25. The van der Waals surface area contributed by atoms with Crippen LogP contribution in [0.5, 0.6) is 0 Å². The van der Waals surface area contributed by atoms with E-state index in [4.69, 9.17) is 17.3 Å². The van der Waals surface area contributed by atoms with Crippen LogP contribution < -0.4 is 5.73 Å². The normalized spacial score (nSPS) is 14.5. The highest BCUT2D eigenvalue weighted by atomic mass is 35.5. The first-order valence-corrected chi connectivity index (χ1v) is 4.88. The number of primary amides is 1. The summed E-state index contributed by atoms with van der Waals surface area (Å²) >= 11 is 5.58. The summed E-state index contributed by atoms with van der Waals surface area (Å²) in [7, 11) is 0. The molecule has 2 atom stereocenters. The molecule has 0 aliphatic carbocycles. The summed E-state index contributed by atoms with van der Waals surface area (Å²) in [6.45, 7) is 0. The van der Waals surface area contributed by atoms with Gasteiger partial charge in [0.25, 0.3) is 0 Å². The zero-order chi connectivity index (χ0) is 12.3. The summed E-state index contributed by atoms with van der Waals surface area (Å²) in [5.41, 5.74) is 4.95. The molecule has 1 rings (SSSR count). The lowest BCUT2D eigenvalue weighted by atomic mass is 10.0. The molecule has 4 nitrogen and oxygen atoms in total. The van der Waals surface area contributed by atoms with Crippen molar-refractivity contribution in [3.63, 3.8) is 0 Å². The minimum atomic E-state index is -1.40. The zero-order valence-electron chi connectivity index (χ0n) is 8.23. The Kier molecular flexibility index (Phi) is 4.23. The lowest BCUT2D eigenvalue weighted by Gasteiger charge is -2.17. The Labute approximate surface area is 96.4 Å². The highest BCUT2D eigenvalue weighted by Crippen LogP contribution is 2.23. The predicted octanol–water partition coefficient (Wildman–Crippen LogP) is 0.749. The van der Waals surface area contributed by atoms with Crippen LogP contribution in [0.2, 0.25) is 5.02 Å². The summed E-state index contributed by atoms with van der Waals surface area (Å²) in [5, 5.41) is 19.1. The van der Waals surface area contributed by atoms with Crippen LogP contribution in [0.3, 0.4) is 0 Å². The number of amides is 1. The third-order valence-corrected chi connectivity index (χ3v) is 2.22. The van der Waals surface area contributed by atoms with Gasteiger partial charge in [-0.25, -0.2) is 4.39 Å². The highest BCUT2D eigenvalue weighted by molar-refractivity contribution is 6.30. The maximum atomic E-state index is 12.9. The molecule has 16 heavy (non-hydrogen) atoms. The van der Waals surface area contributed by atoms with Crippen molar-refractivity contribution in [1.29, 1.82) is 0 Å². The number of aliphatic hydroxyl groups excluding tert-OH is 2. The first-order valence-electron chi connectivity index (χ1n) is 4.50. The molecule has 1 amide bonds. The van der Waals surface area contributed by atoms with Gasteiger partial charge in [0, 0.05) is 5.02 Å². The number of nitrogens with two attached hydrogens (primary N) is 1. The SMILES string of the molecule is NC(=O)CC(O)C(O)c1cc(F)cc(Cl)c1. The second-order valence-electron chi connectivity index (χ2n) is 3.39. The van der Waals surface area contributed by atoms with Crippen LogP contribution in [0.1, 0.15) is 18.1 Å². The Bertz CT molecular complexity index is 379. The van der Waals surface area contributed by atoms with Crippen molar-refractivity contribution in [2.75, 3.05) is 0 Å². The van der Waals surface area contributed by atoms with Crippen molar-refractivity contribution in [3.8, 4) is 0 Å². The maximum Gasteiger partial charge on any atom is 0.220 e. The van der Waals surface area contributed by atoms with Crippen molar-refractivity contribution in [1.82, 2.24) is 0 Å². The summed E-state index contributed by atoms with van der Waals surface area (Å²) in [4.78, 5) is 10.5. The quantitative estimate of drug-likeness (QED) is 0.734. The van der Waals surface area contributed by atoms with E-state index < -0.39 is 30.4 Å². The maximum absolute atomic E-state index is 12.9. The van der Waals surface area contributed by atoms with Crippen LogP contribution in [0.4, 0.5) is 4.39 Å². The van der Waals surface area contributed by atoms with Gasteiger partial charge in [-0.3, -0.25) is 4.79 Å². The summed E-state index contributed by atoms with van der Waals surface area (Å²) in [6, 6.07) is 3.40. The molecule has 88 valence electrons. The van der Waals surface area contributed by atoms with Gasteiger partial charge in [0.05, 0.1) is 12.5 Å². The number of aliphatic hydroxyl groups is 2. The molecule has 0 aliphatic heterocycles. The van der Waals surface area contributed by atoms with Crippen LogP contribution in [0.25, 0.3) is 0 Å². The zero-order valence-corrected chi connectivity index (χ0v) is 8.99. The molecule has 0 aromatic heterocycles. The van der Waals surface area contributed by atoms with E-state index in [0.717, 1.165) is 12.1 Å². The standard InChI is InChI=1S/C10H11ClFNO3/c11-6-1-5(2-7(12)3-6)10(16)8(14)4-9(13)15/h1-3,8,10,14,16H,4H2,(H2,13,15). The molecule has 0 bridgehead atoms. The van der Waals surface area contributed by atoms with E-state index >= 15 is 0 Å². The fourth-order valence-electron chi connectivity index (χ4n) is 1.29. The second-order valence-corrected chi connectivity index (χ2v) is 3.82. The van der Waals surface area contributed by atoms with Gasteiger partial charge in [-0.1, -0.05) is 11.6 Å². The van der Waals surface area contributed by atoms with E-state index in [0.29, 0.717) is 0 Å². The van der Waals surface area contributed by atoms with Crippen molar-refractivity contribution in [2.24, 2.45) is 5.73 Å². The van der Waals surface area contributed by atoms with E-state index in [9.17, 15) is 19.4 Å². The first kappa shape index (κ1) is 12.9. The summed E-state index contributed by atoms with van der Waals surface area (Å²) in [6.07, 6.45) is -3.19. The Hall–Kier alpha value is -1.17. The number of rotatable bonds is 4. The van der Waals surface area contributed by atoms with E-state index in [1.807, 2.05) is 0 Å². The highest BCUT2D eigenvalue weighted by Gasteiger charge is 2.21. The largest absolute Gasteiger partial charge is 0.390 e. The monoisotopic (exact) mass is 247 g/mol. The lowest BCUT2D eigenvalue weighted by molar-refractivity contribution is -0.121. The van der Waals surface area contributed by atoms with Crippen molar-refractivity contribution in [2.45, 2.75) is 18.6 Å². The topological polar surface area (TPSA) is 83.6 Å². The van der Waals surface area contributed by atoms with Crippen LogP contribution >= 0.6 is 11.6 Å². The minimum absolute atomic E-state index is 0.0961. The van der Waals surface area contributed by atoms with E-state index in [1.165, 1.54) is 6.07 Å². The minimum Gasteiger partial charge on any atom is -0.390 e.